The summed E-state index contributed by atoms with van der Waals surface area (Å²) in [5, 5.41) is 6.86. The lowest BCUT2D eigenvalue weighted by atomic mass is 10.1. The van der Waals surface area contributed by atoms with E-state index in [9.17, 15) is 13.6 Å². The van der Waals surface area contributed by atoms with Crippen molar-refractivity contribution in [2.24, 2.45) is 0 Å². The summed E-state index contributed by atoms with van der Waals surface area (Å²) in [7, 11) is 0. The highest BCUT2D eigenvalue weighted by atomic mass is 19.1. The number of aromatic nitrogens is 2. The van der Waals surface area contributed by atoms with Crippen molar-refractivity contribution in [2.75, 3.05) is 0 Å². The Kier molecular flexibility index (Phi) is 3.68. The van der Waals surface area contributed by atoms with Gasteiger partial charge in [-0.2, -0.15) is 5.10 Å². The van der Waals surface area contributed by atoms with Gasteiger partial charge < -0.3 is 5.32 Å². The molecule has 2 heterocycles. The van der Waals surface area contributed by atoms with Crippen LogP contribution >= 0.6 is 0 Å². The normalized spacial score (nSPS) is 13.8. The molecule has 1 aliphatic rings. The van der Waals surface area contributed by atoms with Gasteiger partial charge in [0.25, 0.3) is 5.91 Å². The number of nitrogens with one attached hydrogen (secondary N) is 1. The third-order valence-electron chi connectivity index (χ3n) is 3.60. The van der Waals surface area contributed by atoms with Crippen LogP contribution in [0, 0.1) is 11.6 Å². The zero-order valence-corrected chi connectivity index (χ0v) is 11.4. The van der Waals surface area contributed by atoms with Crippen molar-refractivity contribution < 1.29 is 13.6 Å². The van der Waals surface area contributed by atoms with Crippen molar-refractivity contribution in [3.05, 3.63) is 52.9 Å². The van der Waals surface area contributed by atoms with Crippen molar-refractivity contribution >= 4 is 5.91 Å². The van der Waals surface area contributed by atoms with Crippen molar-refractivity contribution in [1.29, 1.82) is 0 Å². The van der Waals surface area contributed by atoms with E-state index in [2.05, 4.69) is 10.4 Å². The standard InChI is InChI=1S/C15H15F2N3O/c16-11-5-4-10(13(17)7-11)9-18-15(21)14-8-12-3-1-2-6-20(12)19-14/h4-5,7-8H,1-3,6,9H2,(H,18,21). The van der Waals surface area contributed by atoms with Gasteiger partial charge in [-0.1, -0.05) is 6.07 Å². The minimum absolute atomic E-state index is 0.00708. The average Bonchev–Trinajstić information content (AvgIpc) is 2.90. The van der Waals surface area contributed by atoms with Gasteiger partial charge in [0.2, 0.25) is 0 Å². The molecule has 3 rings (SSSR count). The van der Waals surface area contributed by atoms with E-state index in [-0.39, 0.29) is 18.0 Å². The first kappa shape index (κ1) is 13.7. The van der Waals surface area contributed by atoms with Crippen LogP contribution in [0.25, 0.3) is 0 Å². The van der Waals surface area contributed by atoms with Crippen LogP contribution in [0.4, 0.5) is 8.78 Å². The molecule has 1 aromatic heterocycles. The lowest BCUT2D eigenvalue weighted by Gasteiger charge is -2.11. The summed E-state index contributed by atoms with van der Waals surface area (Å²) < 4.78 is 28.1. The molecule has 0 spiro atoms. The summed E-state index contributed by atoms with van der Waals surface area (Å²) in [6.07, 6.45) is 3.09. The molecule has 2 aromatic rings. The fourth-order valence-electron chi connectivity index (χ4n) is 2.46. The Balaban J connectivity index is 1.67. The molecule has 1 amide bonds. The maximum absolute atomic E-state index is 13.5. The van der Waals surface area contributed by atoms with Crippen molar-refractivity contribution in [2.45, 2.75) is 32.4 Å². The lowest BCUT2D eigenvalue weighted by molar-refractivity contribution is 0.0944. The molecule has 6 heteroatoms. The first-order valence-corrected chi connectivity index (χ1v) is 6.92. The first-order valence-electron chi connectivity index (χ1n) is 6.92. The maximum Gasteiger partial charge on any atom is 0.272 e. The van der Waals surface area contributed by atoms with Crippen LogP contribution in [-0.4, -0.2) is 15.7 Å². The van der Waals surface area contributed by atoms with Gasteiger partial charge in [-0.3, -0.25) is 9.48 Å². The van der Waals surface area contributed by atoms with Gasteiger partial charge in [0.15, 0.2) is 0 Å². The number of hydrogen-bond acceptors (Lipinski definition) is 2. The van der Waals surface area contributed by atoms with Gasteiger partial charge in [-0.25, -0.2) is 8.78 Å². The number of carbonyl (C=O) groups is 1. The van der Waals surface area contributed by atoms with Gasteiger partial charge in [0.1, 0.15) is 17.3 Å². The highest BCUT2D eigenvalue weighted by molar-refractivity contribution is 5.92. The number of nitrogens with zero attached hydrogens (tertiary/aromatic N) is 2. The number of rotatable bonds is 3. The number of halogens is 2. The van der Waals surface area contributed by atoms with E-state index in [0.29, 0.717) is 5.69 Å². The fourth-order valence-corrected chi connectivity index (χ4v) is 2.46. The van der Waals surface area contributed by atoms with Gasteiger partial charge in [0.05, 0.1) is 0 Å². The van der Waals surface area contributed by atoms with E-state index in [1.54, 1.807) is 6.07 Å². The molecule has 0 radical (unpaired) electrons. The third kappa shape index (κ3) is 2.94. The molecule has 110 valence electrons. The largest absolute Gasteiger partial charge is 0.346 e. The van der Waals surface area contributed by atoms with Crippen molar-refractivity contribution in [3.8, 4) is 0 Å². The number of hydrogen-bond donors (Lipinski definition) is 1. The fraction of sp³-hybridized carbons (Fsp3) is 0.333. The van der Waals surface area contributed by atoms with Crippen molar-refractivity contribution in [3.63, 3.8) is 0 Å². The van der Waals surface area contributed by atoms with E-state index in [1.807, 2.05) is 4.68 Å². The van der Waals surface area contributed by atoms with Crippen LogP contribution < -0.4 is 5.32 Å². The maximum atomic E-state index is 13.5. The van der Waals surface area contributed by atoms with E-state index in [0.717, 1.165) is 37.6 Å². The topological polar surface area (TPSA) is 46.9 Å². The predicted octanol–water partition coefficient (Wildman–Crippen LogP) is 2.43. The van der Waals surface area contributed by atoms with E-state index in [1.165, 1.54) is 12.1 Å². The monoisotopic (exact) mass is 291 g/mol. The molecule has 21 heavy (non-hydrogen) atoms. The Labute approximate surface area is 120 Å². The summed E-state index contributed by atoms with van der Waals surface area (Å²) in [4.78, 5) is 12.0. The molecular weight excluding hydrogens is 276 g/mol. The molecule has 0 aliphatic carbocycles. The van der Waals surface area contributed by atoms with E-state index >= 15 is 0 Å². The highest BCUT2D eigenvalue weighted by Crippen LogP contribution is 2.15. The molecule has 0 unspecified atom stereocenters. The lowest BCUT2D eigenvalue weighted by Crippen LogP contribution is -2.24. The number of benzene rings is 1. The summed E-state index contributed by atoms with van der Waals surface area (Å²) in [5.74, 6) is -1.65. The van der Waals surface area contributed by atoms with E-state index < -0.39 is 11.6 Å². The predicted molar refractivity (Wildman–Crippen MR) is 72.7 cm³/mol. The van der Waals surface area contributed by atoms with Gasteiger partial charge >= 0.3 is 0 Å². The Morgan fingerprint density at radius 2 is 2.14 bits per heavy atom. The SMILES string of the molecule is O=C(NCc1ccc(F)cc1F)c1cc2n(n1)CCCC2. The first-order chi connectivity index (χ1) is 10.1. The van der Waals surface area contributed by atoms with Crippen LogP contribution in [0.3, 0.4) is 0 Å². The minimum Gasteiger partial charge on any atom is -0.346 e. The Hall–Kier alpha value is -2.24. The highest BCUT2D eigenvalue weighted by Gasteiger charge is 2.16. The molecule has 0 atom stereocenters. The molecule has 1 N–H and O–H groups in total. The summed E-state index contributed by atoms with van der Waals surface area (Å²) in [5.41, 5.74) is 1.64. The third-order valence-corrected chi connectivity index (χ3v) is 3.60. The average molecular weight is 291 g/mol. The second-order valence-corrected chi connectivity index (χ2v) is 5.12. The van der Waals surface area contributed by atoms with Gasteiger partial charge in [0, 0.05) is 30.4 Å². The Morgan fingerprint density at radius 3 is 2.90 bits per heavy atom. The zero-order chi connectivity index (χ0) is 14.8. The summed E-state index contributed by atoms with van der Waals surface area (Å²) in [6, 6.07) is 5.06. The molecule has 0 saturated carbocycles. The summed E-state index contributed by atoms with van der Waals surface area (Å²) >= 11 is 0. The second kappa shape index (κ2) is 5.63. The van der Waals surface area contributed by atoms with Crippen LogP contribution in [0.2, 0.25) is 0 Å². The van der Waals surface area contributed by atoms with Crippen LogP contribution in [0.15, 0.2) is 24.3 Å². The zero-order valence-electron chi connectivity index (χ0n) is 11.4. The smallest absolute Gasteiger partial charge is 0.272 e. The van der Waals surface area contributed by atoms with Gasteiger partial charge in [-0.15, -0.1) is 0 Å². The van der Waals surface area contributed by atoms with Crippen LogP contribution in [-0.2, 0) is 19.5 Å². The number of aryl methyl sites for hydroxylation is 2. The number of carbonyl (C=O) groups excluding carboxylic acids is 1. The molecule has 0 saturated heterocycles. The molecule has 1 aromatic carbocycles. The summed E-state index contributed by atoms with van der Waals surface area (Å²) in [6.45, 7) is 0.836. The second-order valence-electron chi connectivity index (χ2n) is 5.12. The number of amides is 1. The molecule has 4 nitrogen and oxygen atoms in total. The quantitative estimate of drug-likeness (QED) is 0.944. The van der Waals surface area contributed by atoms with Gasteiger partial charge in [-0.05, 0) is 31.4 Å². The van der Waals surface area contributed by atoms with Crippen LogP contribution in [0.5, 0.6) is 0 Å². The minimum atomic E-state index is -0.667. The van der Waals surface area contributed by atoms with E-state index in [4.69, 9.17) is 0 Å². The number of fused-ring (bicyclic) bond motifs is 1. The molecule has 0 fully saturated rings. The molecule has 1 aliphatic heterocycles. The molecular formula is C15H15F2N3O. The van der Waals surface area contributed by atoms with Crippen molar-refractivity contribution in [1.82, 2.24) is 15.1 Å². The Morgan fingerprint density at radius 1 is 1.29 bits per heavy atom. The molecule has 0 bridgehead atoms. The van der Waals surface area contributed by atoms with Crippen LogP contribution in [0.1, 0.15) is 34.6 Å². The Bertz CT molecular complexity index is 658.